The van der Waals surface area contributed by atoms with Gasteiger partial charge in [-0.05, 0) is 63.1 Å². The molecule has 0 heterocycles. The van der Waals surface area contributed by atoms with Gasteiger partial charge < -0.3 is 4.18 Å². The maximum Gasteiger partial charge on any atom is 0.475 e. The molecule has 2 aromatic carbocycles. The van der Waals surface area contributed by atoms with Gasteiger partial charge in [-0.1, -0.05) is 35.9 Å². The molecule has 0 N–H and O–H groups in total. The van der Waals surface area contributed by atoms with Crippen LogP contribution in [0.2, 0.25) is 0 Å². The maximum atomic E-state index is 12.4. The van der Waals surface area contributed by atoms with E-state index in [1.165, 1.54) is 12.1 Å². The van der Waals surface area contributed by atoms with Crippen molar-refractivity contribution in [1.82, 2.24) is 0 Å². The Hall–Kier alpha value is -1.96. The van der Waals surface area contributed by atoms with Crippen LogP contribution in [0, 0.1) is 6.92 Å². The van der Waals surface area contributed by atoms with Gasteiger partial charge in [-0.15, -0.1) is 0 Å². The average Bonchev–Trinajstić information content (AvgIpc) is 2.69. The number of hydrogen-bond donors (Lipinski definition) is 0. The second-order valence-corrected chi connectivity index (χ2v) is 9.56. The molecule has 0 radical (unpaired) electrons. The van der Waals surface area contributed by atoms with E-state index >= 15 is 0 Å². The van der Waals surface area contributed by atoms with E-state index in [-0.39, 0.29) is 30.5 Å². The van der Waals surface area contributed by atoms with Gasteiger partial charge in [-0.3, -0.25) is 13.6 Å². The molecule has 0 aliphatic carbocycles. The van der Waals surface area contributed by atoms with E-state index in [0.29, 0.717) is 0 Å². The molecule has 0 aliphatic heterocycles. The predicted molar refractivity (Wildman–Crippen MR) is 116 cm³/mol. The zero-order valence-electron chi connectivity index (χ0n) is 17.5. The smallest absolute Gasteiger partial charge is 0.379 e. The predicted octanol–water partition coefficient (Wildman–Crippen LogP) is 5.36. The maximum absolute atomic E-state index is 12.4. The van der Waals surface area contributed by atoms with E-state index < -0.39 is 17.9 Å². The average molecular weight is 454 g/mol. The number of phosphoric acid groups is 1. The largest absolute Gasteiger partial charge is 0.475 e. The number of rotatable bonds is 11. The Morgan fingerprint density at radius 1 is 0.933 bits per heavy atom. The third-order valence-corrected chi connectivity index (χ3v) is 6.90. The Labute approximate surface area is 178 Å². The molecule has 0 bridgehead atoms. The van der Waals surface area contributed by atoms with Crippen LogP contribution in [0.1, 0.15) is 31.9 Å². The lowest BCUT2D eigenvalue weighted by atomic mass is 10.1. The minimum Gasteiger partial charge on any atom is -0.379 e. The Kier molecular flexibility index (Phi) is 8.82. The summed E-state index contributed by atoms with van der Waals surface area (Å²) >= 11 is 0. The Morgan fingerprint density at radius 3 is 2.03 bits per heavy atom. The van der Waals surface area contributed by atoms with E-state index in [9.17, 15) is 13.0 Å². The van der Waals surface area contributed by atoms with Crippen LogP contribution in [0.5, 0.6) is 5.75 Å². The molecule has 164 valence electrons. The molecule has 0 amide bonds. The van der Waals surface area contributed by atoms with Crippen molar-refractivity contribution in [1.29, 1.82) is 0 Å². The van der Waals surface area contributed by atoms with E-state index in [4.69, 9.17) is 17.8 Å². The zero-order chi connectivity index (χ0) is 22.2. The van der Waals surface area contributed by atoms with Crippen molar-refractivity contribution in [3.05, 3.63) is 65.7 Å². The topological polar surface area (TPSA) is 88.1 Å². The van der Waals surface area contributed by atoms with Crippen LogP contribution in [0.3, 0.4) is 0 Å². The first-order chi connectivity index (χ1) is 14.2. The molecule has 0 saturated heterocycles. The fraction of sp³-hybridized carbons (Fsp3) is 0.333. The second-order valence-electron chi connectivity index (χ2n) is 6.34. The normalized spacial score (nSPS) is 12.7. The molecule has 0 aliphatic rings. The number of allylic oxidation sites excluding steroid dienone is 1. The summed E-state index contributed by atoms with van der Waals surface area (Å²) in [5.41, 5.74) is 2.65. The lowest BCUT2D eigenvalue weighted by Gasteiger charge is -2.15. The highest BCUT2D eigenvalue weighted by Crippen LogP contribution is 2.49. The molecule has 2 aromatic rings. The van der Waals surface area contributed by atoms with Crippen LogP contribution >= 0.6 is 7.82 Å². The van der Waals surface area contributed by atoms with Crippen molar-refractivity contribution in [2.24, 2.45) is 0 Å². The van der Waals surface area contributed by atoms with Crippen LogP contribution in [0.15, 0.2) is 59.5 Å². The standard InChI is InChI=1S/C21H27O7PS/c1-5-25-29(22,26-6-2)27-16-15-18(4)19-9-11-20(12-10-19)28-30(23,24)21-13-7-17(3)8-14-21/h7-15H,5-6,16H2,1-4H3/b18-15+. The highest BCUT2D eigenvalue weighted by atomic mass is 32.2. The van der Waals surface area contributed by atoms with E-state index in [2.05, 4.69) is 0 Å². The minimum absolute atomic E-state index is 0.0448. The second kappa shape index (κ2) is 10.9. The highest BCUT2D eigenvalue weighted by Gasteiger charge is 2.24. The van der Waals surface area contributed by atoms with Gasteiger partial charge in [0.15, 0.2) is 0 Å². The van der Waals surface area contributed by atoms with Gasteiger partial charge in [-0.2, -0.15) is 8.42 Å². The molecule has 0 aromatic heterocycles. The molecule has 0 saturated carbocycles. The quantitative estimate of drug-likeness (QED) is 0.333. The van der Waals surface area contributed by atoms with Crippen LogP contribution < -0.4 is 4.18 Å². The Bertz CT molecular complexity index is 987. The van der Waals surface area contributed by atoms with E-state index in [1.54, 1.807) is 56.3 Å². The number of phosphoric ester groups is 1. The third kappa shape index (κ3) is 7.07. The molecule has 0 fully saturated rings. The fourth-order valence-electron chi connectivity index (χ4n) is 2.45. The summed E-state index contributed by atoms with van der Waals surface area (Å²) < 4.78 is 57.6. The summed E-state index contributed by atoms with van der Waals surface area (Å²) in [5, 5.41) is 0. The number of benzene rings is 2. The molecule has 2 rings (SSSR count). The van der Waals surface area contributed by atoms with Crippen molar-refractivity contribution in [2.45, 2.75) is 32.6 Å². The summed E-state index contributed by atoms with van der Waals surface area (Å²) in [6, 6.07) is 13.1. The monoisotopic (exact) mass is 454 g/mol. The van der Waals surface area contributed by atoms with Gasteiger partial charge in [0.25, 0.3) is 0 Å². The van der Waals surface area contributed by atoms with Gasteiger partial charge in [0.05, 0.1) is 19.8 Å². The third-order valence-electron chi connectivity index (χ3n) is 4.02. The SMILES string of the molecule is CCOP(=O)(OCC)OC/C=C(\C)c1ccc(OS(=O)(=O)c2ccc(C)cc2)cc1. The van der Waals surface area contributed by atoms with Gasteiger partial charge in [0.1, 0.15) is 10.6 Å². The van der Waals surface area contributed by atoms with E-state index in [0.717, 1.165) is 16.7 Å². The van der Waals surface area contributed by atoms with Crippen molar-refractivity contribution >= 4 is 23.5 Å². The van der Waals surface area contributed by atoms with Crippen LogP contribution in [0.25, 0.3) is 5.57 Å². The summed E-state index contributed by atoms with van der Waals surface area (Å²) in [6.45, 7) is 7.62. The molecule has 7 nitrogen and oxygen atoms in total. The summed E-state index contributed by atoms with van der Waals surface area (Å²) in [5.74, 6) is 0.209. The van der Waals surface area contributed by atoms with Crippen molar-refractivity contribution < 1.29 is 30.7 Å². The summed E-state index contributed by atoms with van der Waals surface area (Å²) in [4.78, 5) is 0.0958. The van der Waals surface area contributed by atoms with Gasteiger partial charge in [-0.25, -0.2) is 4.57 Å². The minimum atomic E-state index is -3.90. The highest BCUT2D eigenvalue weighted by molar-refractivity contribution is 7.87. The summed E-state index contributed by atoms with van der Waals surface area (Å²) in [6.07, 6.45) is 1.74. The molecule has 0 atom stereocenters. The van der Waals surface area contributed by atoms with Crippen LogP contribution in [-0.4, -0.2) is 28.2 Å². The Morgan fingerprint density at radius 2 is 1.50 bits per heavy atom. The number of aryl methyl sites for hydroxylation is 1. The summed E-state index contributed by atoms with van der Waals surface area (Å²) in [7, 11) is -7.46. The Balaban J connectivity index is 2.03. The van der Waals surface area contributed by atoms with Gasteiger partial charge >= 0.3 is 17.9 Å². The lowest BCUT2D eigenvalue weighted by Crippen LogP contribution is -2.09. The van der Waals surface area contributed by atoms with Crippen LogP contribution in [0.4, 0.5) is 0 Å². The van der Waals surface area contributed by atoms with Gasteiger partial charge in [0.2, 0.25) is 0 Å². The molecule has 9 heteroatoms. The fourth-order valence-corrected chi connectivity index (χ4v) is 4.50. The van der Waals surface area contributed by atoms with Crippen molar-refractivity contribution in [3.8, 4) is 5.75 Å². The zero-order valence-corrected chi connectivity index (χ0v) is 19.2. The lowest BCUT2D eigenvalue weighted by molar-refractivity contribution is 0.131. The van der Waals surface area contributed by atoms with Crippen LogP contribution in [-0.2, 0) is 28.3 Å². The van der Waals surface area contributed by atoms with Crippen molar-refractivity contribution in [3.63, 3.8) is 0 Å². The first kappa shape index (κ1) is 24.3. The first-order valence-corrected chi connectivity index (χ1v) is 12.4. The van der Waals surface area contributed by atoms with E-state index in [1.807, 2.05) is 13.8 Å². The molecule has 0 spiro atoms. The molecular weight excluding hydrogens is 427 g/mol. The number of hydrogen-bond acceptors (Lipinski definition) is 7. The molecule has 30 heavy (non-hydrogen) atoms. The molecular formula is C21H27O7PS. The molecule has 0 unspecified atom stereocenters. The van der Waals surface area contributed by atoms with Crippen molar-refractivity contribution in [2.75, 3.05) is 19.8 Å². The first-order valence-electron chi connectivity index (χ1n) is 9.51. The van der Waals surface area contributed by atoms with Gasteiger partial charge in [0, 0.05) is 0 Å².